The van der Waals surface area contributed by atoms with Gasteiger partial charge in [0.05, 0.1) is 6.54 Å². The van der Waals surface area contributed by atoms with E-state index in [2.05, 4.69) is 31.1 Å². The van der Waals surface area contributed by atoms with Gasteiger partial charge in [0.25, 0.3) is 0 Å². The van der Waals surface area contributed by atoms with E-state index in [9.17, 15) is 4.79 Å². The third-order valence-electron chi connectivity index (χ3n) is 4.52. The first-order valence-electron chi connectivity index (χ1n) is 8.71. The van der Waals surface area contributed by atoms with Crippen LogP contribution in [0.5, 0.6) is 0 Å². The maximum absolute atomic E-state index is 12.3. The molecule has 0 aliphatic heterocycles. The fourth-order valence-electron chi connectivity index (χ4n) is 3.07. The van der Waals surface area contributed by atoms with Gasteiger partial charge in [-0.15, -0.1) is 24.0 Å². The van der Waals surface area contributed by atoms with E-state index >= 15 is 0 Å². The van der Waals surface area contributed by atoms with Crippen molar-refractivity contribution in [1.82, 2.24) is 26.1 Å². The van der Waals surface area contributed by atoms with Gasteiger partial charge in [-0.25, -0.2) is 0 Å². The van der Waals surface area contributed by atoms with Gasteiger partial charge >= 0.3 is 0 Å². The average Bonchev–Trinajstić information content (AvgIpc) is 3.30. The lowest BCUT2D eigenvalue weighted by molar-refractivity contribution is -0.126. The number of amides is 1. The standard InChI is InChI=1S/C16H26N6O2.HI/c1-10-19-14(22-24-10)9-18-16(17-2)21-13-5-3-4-11(8-13)15(23)20-12-6-7-12;/h11-13H,3-9H2,1-2H3,(H,20,23)(H2,17,18,21);1H. The van der Waals surface area contributed by atoms with Gasteiger partial charge in [-0.05, 0) is 32.1 Å². The molecule has 2 unspecified atom stereocenters. The largest absolute Gasteiger partial charge is 0.354 e. The smallest absolute Gasteiger partial charge is 0.223 e. The minimum atomic E-state index is 0. The van der Waals surface area contributed by atoms with Crippen LogP contribution in [0.4, 0.5) is 0 Å². The predicted molar refractivity (Wildman–Crippen MR) is 105 cm³/mol. The van der Waals surface area contributed by atoms with Gasteiger partial charge in [0, 0.05) is 32.0 Å². The monoisotopic (exact) mass is 462 g/mol. The molecule has 2 aliphatic rings. The number of aliphatic imine (C=N–C) groups is 1. The number of halogens is 1. The molecule has 2 fully saturated rings. The Balaban J connectivity index is 0.00000225. The number of aryl methyl sites for hydroxylation is 1. The SMILES string of the molecule is CN=C(NCc1noc(C)n1)NC1CCCC(C(=O)NC2CC2)C1.I. The second kappa shape index (κ2) is 9.35. The molecule has 25 heavy (non-hydrogen) atoms. The Morgan fingerprint density at radius 3 is 2.68 bits per heavy atom. The minimum Gasteiger partial charge on any atom is -0.354 e. The van der Waals surface area contributed by atoms with Crippen molar-refractivity contribution in [3.63, 3.8) is 0 Å². The van der Waals surface area contributed by atoms with Gasteiger partial charge < -0.3 is 20.5 Å². The first-order chi connectivity index (χ1) is 11.6. The lowest BCUT2D eigenvalue weighted by Crippen LogP contribution is -2.47. The van der Waals surface area contributed by atoms with Crippen LogP contribution in [0, 0.1) is 12.8 Å². The molecule has 3 N–H and O–H groups in total. The van der Waals surface area contributed by atoms with Crippen molar-refractivity contribution in [2.24, 2.45) is 10.9 Å². The molecule has 2 saturated carbocycles. The topological polar surface area (TPSA) is 104 Å². The summed E-state index contributed by atoms with van der Waals surface area (Å²) in [6, 6.07) is 0.686. The van der Waals surface area contributed by atoms with E-state index in [1.54, 1.807) is 14.0 Å². The quantitative estimate of drug-likeness (QED) is 0.348. The van der Waals surface area contributed by atoms with E-state index in [1.807, 2.05) is 0 Å². The number of carbonyl (C=O) groups is 1. The third-order valence-corrected chi connectivity index (χ3v) is 4.52. The highest BCUT2D eigenvalue weighted by molar-refractivity contribution is 14.0. The van der Waals surface area contributed by atoms with Gasteiger partial charge in [-0.2, -0.15) is 4.98 Å². The number of hydrogen-bond acceptors (Lipinski definition) is 5. The molecule has 1 aromatic rings. The maximum Gasteiger partial charge on any atom is 0.223 e. The Morgan fingerprint density at radius 2 is 2.04 bits per heavy atom. The fourth-order valence-corrected chi connectivity index (χ4v) is 3.07. The van der Waals surface area contributed by atoms with Crippen LogP contribution in [0.25, 0.3) is 0 Å². The first kappa shape index (κ1) is 19.9. The lowest BCUT2D eigenvalue weighted by atomic mass is 9.85. The molecule has 1 heterocycles. The molecule has 8 nitrogen and oxygen atoms in total. The number of nitrogens with zero attached hydrogens (tertiary/aromatic N) is 3. The summed E-state index contributed by atoms with van der Waals surface area (Å²) in [4.78, 5) is 20.6. The highest BCUT2D eigenvalue weighted by Gasteiger charge is 2.31. The summed E-state index contributed by atoms with van der Waals surface area (Å²) in [5, 5.41) is 13.6. The Morgan fingerprint density at radius 1 is 1.24 bits per heavy atom. The summed E-state index contributed by atoms with van der Waals surface area (Å²) in [6.45, 7) is 2.22. The number of hydrogen-bond donors (Lipinski definition) is 3. The second-order valence-electron chi connectivity index (χ2n) is 6.64. The van der Waals surface area contributed by atoms with Crippen LogP contribution in [0.3, 0.4) is 0 Å². The molecule has 0 spiro atoms. The molecule has 0 saturated heterocycles. The molecule has 0 bridgehead atoms. The molecule has 2 atom stereocenters. The Labute approximate surface area is 165 Å². The number of aromatic nitrogens is 2. The highest BCUT2D eigenvalue weighted by Crippen LogP contribution is 2.26. The van der Waals surface area contributed by atoms with Crippen LogP contribution < -0.4 is 16.0 Å². The molecule has 140 valence electrons. The van der Waals surface area contributed by atoms with E-state index in [4.69, 9.17) is 4.52 Å². The van der Waals surface area contributed by atoms with Crippen molar-refractivity contribution in [3.05, 3.63) is 11.7 Å². The summed E-state index contributed by atoms with van der Waals surface area (Å²) < 4.78 is 4.95. The summed E-state index contributed by atoms with van der Waals surface area (Å²) in [6.07, 6.45) is 6.20. The van der Waals surface area contributed by atoms with Crippen LogP contribution in [0.15, 0.2) is 9.52 Å². The first-order valence-corrected chi connectivity index (χ1v) is 8.71. The minimum absolute atomic E-state index is 0. The normalized spacial score (nSPS) is 23.5. The van der Waals surface area contributed by atoms with E-state index < -0.39 is 0 Å². The molecule has 9 heteroatoms. The zero-order chi connectivity index (χ0) is 16.9. The van der Waals surface area contributed by atoms with Crippen molar-refractivity contribution in [1.29, 1.82) is 0 Å². The van der Waals surface area contributed by atoms with Gasteiger partial charge in [-0.1, -0.05) is 11.6 Å². The van der Waals surface area contributed by atoms with Crippen LogP contribution in [0.1, 0.15) is 50.2 Å². The molecule has 3 rings (SSSR count). The van der Waals surface area contributed by atoms with Crippen LogP contribution in [-0.2, 0) is 11.3 Å². The van der Waals surface area contributed by atoms with Crippen LogP contribution in [-0.4, -0.2) is 41.1 Å². The summed E-state index contributed by atoms with van der Waals surface area (Å²) in [7, 11) is 1.73. The Bertz CT molecular complexity index is 601. The van der Waals surface area contributed by atoms with Crippen LogP contribution >= 0.6 is 24.0 Å². The van der Waals surface area contributed by atoms with Crippen molar-refractivity contribution >= 4 is 35.8 Å². The molecule has 2 aliphatic carbocycles. The highest BCUT2D eigenvalue weighted by atomic mass is 127. The predicted octanol–water partition coefficient (Wildman–Crippen LogP) is 1.50. The van der Waals surface area contributed by atoms with Gasteiger partial charge in [-0.3, -0.25) is 9.79 Å². The lowest BCUT2D eigenvalue weighted by Gasteiger charge is -2.30. The van der Waals surface area contributed by atoms with E-state index in [0.29, 0.717) is 30.3 Å². The molecular weight excluding hydrogens is 435 g/mol. The molecule has 0 radical (unpaired) electrons. The van der Waals surface area contributed by atoms with E-state index in [-0.39, 0.29) is 41.8 Å². The third kappa shape index (κ3) is 6.12. The maximum atomic E-state index is 12.3. The molecular formula is C16H27IN6O2. The molecule has 0 aromatic carbocycles. The second-order valence-corrected chi connectivity index (χ2v) is 6.64. The van der Waals surface area contributed by atoms with Gasteiger partial charge in [0.1, 0.15) is 0 Å². The fraction of sp³-hybridized carbons (Fsp3) is 0.750. The summed E-state index contributed by atoms with van der Waals surface area (Å²) >= 11 is 0. The number of rotatable bonds is 5. The number of guanidine groups is 1. The average molecular weight is 462 g/mol. The number of carbonyl (C=O) groups excluding carboxylic acids is 1. The molecule has 1 aromatic heterocycles. The zero-order valence-corrected chi connectivity index (χ0v) is 17.1. The Hall–Kier alpha value is -1.39. The van der Waals surface area contributed by atoms with Crippen LogP contribution in [0.2, 0.25) is 0 Å². The summed E-state index contributed by atoms with van der Waals surface area (Å²) in [5.74, 6) is 2.17. The van der Waals surface area contributed by atoms with Gasteiger partial charge in [0.15, 0.2) is 11.8 Å². The van der Waals surface area contributed by atoms with E-state index in [0.717, 1.165) is 38.5 Å². The van der Waals surface area contributed by atoms with E-state index in [1.165, 1.54) is 0 Å². The molecule has 1 amide bonds. The van der Waals surface area contributed by atoms with Gasteiger partial charge in [0.2, 0.25) is 11.8 Å². The van der Waals surface area contributed by atoms with Crippen molar-refractivity contribution < 1.29 is 9.32 Å². The number of nitrogens with one attached hydrogen (secondary N) is 3. The van der Waals surface area contributed by atoms with Crippen molar-refractivity contribution in [3.8, 4) is 0 Å². The Kier molecular flexibility index (Phi) is 7.45. The van der Waals surface area contributed by atoms with Crippen molar-refractivity contribution in [2.75, 3.05) is 7.05 Å². The summed E-state index contributed by atoms with van der Waals surface area (Å²) in [5.41, 5.74) is 0. The van der Waals surface area contributed by atoms with Crippen molar-refractivity contribution in [2.45, 2.75) is 64.1 Å². The zero-order valence-electron chi connectivity index (χ0n) is 14.7.